The van der Waals surface area contributed by atoms with E-state index in [2.05, 4.69) is 26.2 Å². The molecule has 0 saturated carbocycles. The number of ketones is 2. The molecule has 0 unspecified atom stereocenters. The van der Waals surface area contributed by atoms with Crippen LogP contribution in [0.25, 0.3) is 11.5 Å². The zero-order chi connectivity index (χ0) is 17.3. The lowest BCUT2D eigenvalue weighted by Gasteiger charge is -2.14. The SMILES string of the molecule is CN(C)CCNC1=CC(=O)c2nc(-c3cccc(Br)c3)oc2C1=O. The van der Waals surface area contributed by atoms with Gasteiger partial charge < -0.3 is 14.6 Å². The number of carbonyl (C=O) groups is 2. The minimum atomic E-state index is -0.350. The molecule has 0 bridgehead atoms. The van der Waals surface area contributed by atoms with E-state index in [0.29, 0.717) is 12.1 Å². The van der Waals surface area contributed by atoms with Gasteiger partial charge in [-0.2, -0.15) is 0 Å². The fourth-order valence-electron chi connectivity index (χ4n) is 2.32. The molecule has 0 aliphatic heterocycles. The van der Waals surface area contributed by atoms with E-state index in [1.54, 1.807) is 6.07 Å². The van der Waals surface area contributed by atoms with Crippen molar-refractivity contribution in [2.24, 2.45) is 0 Å². The highest BCUT2D eigenvalue weighted by Crippen LogP contribution is 2.28. The molecule has 6 nitrogen and oxygen atoms in total. The van der Waals surface area contributed by atoms with Crippen LogP contribution in [0.5, 0.6) is 0 Å². The van der Waals surface area contributed by atoms with Crippen molar-refractivity contribution in [1.82, 2.24) is 15.2 Å². The van der Waals surface area contributed by atoms with Gasteiger partial charge in [0.1, 0.15) is 0 Å². The molecule has 2 aromatic rings. The quantitative estimate of drug-likeness (QED) is 0.846. The van der Waals surface area contributed by atoms with E-state index < -0.39 is 0 Å². The second-order valence-corrected chi connectivity index (χ2v) is 6.60. The number of rotatable bonds is 5. The number of benzene rings is 1. The summed E-state index contributed by atoms with van der Waals surface area (Å²) in [5, 5.41) is 2.99. The summed E-state index contributed by atoms with van der Waals surface area (Å²) in [7, 11) is 3.87. The van der Waals surface area contributed by atoms with Crippen LogP contribution in [0, 0.1) is 0 Å². The minimum Gasteiger partial charge on any atom is -0.432 e. The van der Waals surface area contributed by atoms with Crippen LogP contribution in [0.3, 0.4) is 0 Å². The lowest BCUT2D eigenvalue weighted by atomic mass is 10.0. The number of carbonyl (C=O) groups excluding carboxylic acids is 2. The molecule has 1 heterocycles. The monoisotopic (exact) mass is 389 g/mol. The maximum absolute atomic E-state index is 12.5. The lowest BCUT2D eigenvalue weighted by Crippen LogP contribution is -2.31. The van der Waals surface area contributed by atoms with Crippen molar-refractivity contribution in [3.05, 3.63) is 52.0 Å². The van der Waals surface area contributed by atoms with Crippen molar-refractivity contribution < 1.29 is 14.0 Å². The molecule has 3 rings (SSSR count). The summed E-state index contributed by atoms with van der Waals surface area (Å²) >= 11 is 3.38. The molecule has 0 fully saturated rings. The second kappa shape index (κ2) is 6.70. The molecule has 1 aliphatic rings. The number of aromatic nitrogens is 1. The zero-order valence-corrected chi connectivity index (χ0v) is 14.9. The van der Waals surface area contributed by atoms with Gasteiger partial charge in [-0.1, -0.05) is 22.0 Å². The highest BCUT2D eigenvalue weighted by atomic mass is 79.9. The van der Waals surface area contributed by atoms with Crippen molar-refractivity contribution in [3.8, 4) is 11.5 Å². The highest BCUT2D eigenvalue weighted by molar-refractivity contribution is 9.10. The Morgan fingerprint density at radius 1 is 1.29 bits per heavy atom. The fraction of sp³-hybridized carbons (Fsp3) is 0.235. The first-order valence-corrected chi connectivity index (χ1v) is 8.21. The van der Waals surface area contributed by atoms with Gasteiger partial charge in [0.2, 0.25) is 23.2 Å². The largest absolute Gasteiger partial charge is 0.432 e. The number of hydrogen-bond acceptors (Lipinski definition) is 6. The topological polar surface area (TPSA) is 75.4 Å². The Kier molecular flexibility index (Phi) is 4.64. The van der Waals surface area contributed by atoms with Gasteiger partial charge in [-0.3, -0.25) is 9.59 Å². The first-order chi connectivity index (χ1) is 11.5. The smallest absolute Gasteiger partial charge is 0.246 e. The van der Waals surface area contributed by atoms with Crippen LogP contribution >= 0.6 is 15.9 Å². The number of hydrogen-bond donors (Lipinski definition) is 1. The third-order valence-corrected chi connectivity index (χ3v) is 4.03. The molecular weight excluding hydrogens is 374 g/mol. The molecule has 124 valence electrons. The Morgan fingerprint density at radius 2 is 2.08 bits per heavy atom. The van der Waals surface area contributed by atoms with Crippen molar-refractivity contribution >= 4 is 27.5 Å². The summed E-state index contributed by atoms with van der Waals surface area (Å²) in [6.45, 7) is 1.30. The number of halogens is 1. The summed E-state index contributed by atoms with van der Waals surface area (Å²) in [6, 6.07) is 7.33. The average Bonchev–Trinajstić information content (AvgIpc) is 2.98. The number of nitrogens with zero attached hydrogens (tertiary/aromatic N) is 2. The standard InChI is InChI=1S/C17H16BrN3O3/c1-21(2)7-6-19-12-9-13(22)14-16(15(12)23)24-17(20-14)10-4-3-5-11(18)8-10/h3-5,8-9,19H,6-7H2,1-2H3. The molecule has 1 aliphatic carbocycles. The van der Waals surface area contributed by atoms with Crippen molar-refractivity contribution in [3.63, 3.8) is 0 Å². The summed E-state index contributed by atoms with van der Waals surface area (Å²) in [5.41, 5.74) is 1.00. The van der Waals surface area contributed by atoms with Gasteiger partial charge in [0.05, 0.1) is 5.70 Å². The molecule has 1 N–H and O–H groups in total. The van der Waals surface area contributed by atoms with Gasteiger partial charge in [-0.15, -0.1) is 0 Å². The van der Waals surface area contributed by atoms with E-state index in [1.807, 2.05) is 37.2 Å². The third-order valence-electron chi connectivity index (χ3n) is 3.53. The number of allylic oxidation sites excluding steroid dienone is 2. The highest BCUT2D eigenvalue weighted by Gasteiger charge is 2.32. The maximum Gasteiger partial charge on any atom is 0.246 e. The number of nitrogens with one attached hydrogen (secondary N) is 1. The van der Waals surface area contributed by atoms with Gasteiger partial charge in [-0.25, -0.2) is 4.98 Å². The Hall–Kier alpha value is -2.25. The first-order valence-electron chi connectivity index (χ1n) is 7.42. The van der Waals surface area contributed by atoms with E-state index >= 15 is 0 Å². The Balaban J connectivity index is 1.87. The molecule has 7 heteroatoms. The molecule has 0 radical (unpaired) electrons. The Bertz CT molecular complexity index is 839. The number of likely N-dealkylation sites (N-methyl/N-ethyl adjacent to an activating group) is 1. The molecular formula is C17H16BrN3O3. The summed E-state index contributed by atoms with van der Waals surface area (Å²) in [4.78, 5) is 30.9. The van der Waals surface area contributed by atoms with Crippen LogP contribution in [0.15, 0.2) is 44.9 Å². The van der Waals surface area contributed by atoms with Crippen molar-refractivity contribution in [1.29, 1.82) is 0 Å². The van der Waals surface area contributed by atoms with Crippen LogP contribution < -0.4 is 5.32 Å². The molecule has 0 saturated heterocycles. The van der Waals surface area contributed by atoms with Crippen molar-refractivity contribution in [2.75, 3.05) is 27.2 Å². The van der Waals surface area contributed by atoms with Gasteiger partial charge in [0.25, 0.3) is 0 Å². The van der Waals surface area contributed by atoms with Gasteiger partial charge in [0.15, 0.2) is 5.69 Å². The maximum atomic E-state index is 12.5. The van der Waals surface area contributed by atoms with E-state index in [4.69, 9.17) is 4.42 Å². The molecule has 0 atom stereocenters. The number of Topliss-reactive ketones (excluding diaryl/α,β-unsaturated/α-hetero) is 1. The molecule has 1 aromatic heterocycles. The van der Waals surface area contributed by atoms with Gasteiger partial charge in [0, 0.05) is 29.2 Å². The van der Waals surface area contributed by atoms with Crippen LogP contribution in [-0.2, 0) is 0 Å². The summed E-state index contributed by atoms with van der Waals surface area (Å²) in [6.07, 6.45) is 1.29. The molecule has 0 spiro atoms. The zero-order valence-electron chi connectivity index (χ0n) is 13.3. The van der Waals surface area contributed by atoms with Gasteiger partial charge in [-0.05, 0) is 32.3 Å². The van der Waals surface area contributed by atoms with E-state index in [0.717, 1.165) is 11.0 Å². The predicted molar refractivity (Wildman–Crippen MR) is 92.9 cm³/mol. The van der Waals surface area contributed by atoms with Crippen molar-refractivity contribution in [2.45, 2.75) is 0 Å². The van der Waals surface area contributed by atoms with E-state index in [-0.39, 0.29) is 34.6 Å². The van der Waals surface area contributed by atoms with Gasteiger partial charge >= 0.3 is 0 Å². The average molecular weight is 390 g/mol. The summed E-state index contributed by atoms with van der Waals surface area (Å²) < 4.78 is 6.45. The Morgan fingerprint density at radius 3 is 2.79 bits per heavy atom. The minimum absolute atomic E-state index is 0.00942. The normalized spacial score (nSPS) is 13.9. The van der Waals surface area contributed by atoms with Crippen LogP contribution in [-0.4, -0.2) is 48.6 Å². The predicted octanol–water partition coefficient (Wildman–Crippen LogP) is 2.52. The molecule has 1 aromatic carbocycles. The Labute approximate surface area is 147 Å². The first kappa shape index (κ1) is 16.6. The fourth-order valence-corrected chi connectivity index (χ4v) is 2.72. The van der Waals surface area contributed by atoms with Crippen LogP contribution in [0.2, 0.25) is 0 Å². The second-order valence-electron chi connectivity index (χ2n) is 5.69. The third kappa shape index (κ3) is 3.32. The van der Waals surface area contributed by atoms with Crippen LogP contribution in [0.4, 0.5) is 0 Å². The van der Waals surface area contributed by atoms with E-state index in [1.165, 1.54) is 6.08 Å². The summed E-state index contributed by atoms with van der Waals surface area (Å²) in [5.74, 6) is -0.435. The lowest BCUT2D eigenvalue weighted by molar-refractivity contribution is 0.0956. The molecule has 24 heavy (non-hydrogen) atoms. The number of fused-ring (bicyclic) bond motifs is 1. The number of oxazole rings is 1. The van der Waals surface area contributed by atoms with E-state index in [9.17, 15) is 9.59 Å². The van der Waals surface area contributed by atoms with Crippen LogP contribution in [0.1, 0.15) is 21.0 Å². The molecule has 0 amide bonds.